The number of aromatic amines is 1. The van der Waals surface area contributed by atoms with Crippen LogP contribution in [0.3, 0.4) is 0 Å². The lowest BCUT2D eigenvalue weighted by molar-refractivity contribution is 0.269. The lowest BCUT2D eigenvalue weighted by Gasteiger charge is -2.16. The second kappa shape index (κ2) is 10.8. The minimum Gasteiger partial charge on any atom is -0.490 e. The largest absolute Gasteiger partial charge is 0.490 e. The van der Waals surface area contributed by atoms with Crippen molar-refractivity contribution in [3.8, 4) is 22.9 Å². The van der Waals surface area contributed by atoms with Crippen molar-refractivity contribution in [2.24, 2.45) is 0 Å². The summed E-state index contributed by atoms with van der Waals surface area (Å²) in [7, 11) is 0. The van der Waals surface area contributed by atoms with E-state index in [0.29, 0.717) is 46.9 Å². The lowest BCUT2D eigenvalue weighted by atomic mass is 10.2. The van der Waals surface area contributed by atoms with Gasteiger partial charge in [-0.05, 0) is 66.7 Å². The smallest absolute Gasteiger partial charge is 0.214 e. The zero-order valence-electron chi connectivity index (χ0n) is 17.7. The molecule has 0 amide bonds. The number of hydrogen-bond donors (Lipinski definition) is 2. The minimum atomic E-state index is 0.404. The molecular weight excluding hydrogens is 526 g/mol. The number of aromatic nitrogens is 4. The Hall–Kier alpha value is -2.88. The van der Waals surface area contributed by atoms with Gasteiger partial charge in [-0.15, -0.1) is 0 Å². The SMILES string of the molecule is CCOc1cc(CNn2c(-c3ccncc3)n[nH]c2=S)c(Br)cc1OCc1ccc(Cl)cc1. The van der Waals surface area contributed by atoms with E-state index in [2.05, 4.69) is 36.5 Å². The third-order valence-electron chi connectivity index (χ3n) is 4.76. The summed E-state index contributed by atoms with van der Waals surface area (Å²) in [5.74, 6) is 1.99. The fourth-order valence-corrected chi connectivity index (χ4v) is 3.92. The van der Waals surface area contributed by atoms with Crippen LogP contribution in [0.5, 0.6) is 11.5 Å². The van der Waals surface area contributed by atoms with Gasteiger partial charge in [-0.1, -0.05) is 39.7 Å². The van der Waals surface area contributed by atoms with Crippen molar-refractivity contribution in [3.05, 3.63) is 86.3 Å². The maximum absolute atomic E-state index is 6.04. The summed E-state index contributed by atoms with van der Waals surface area (Å²) in [6.45, 7) is 3.34. The Bertz CT molecular complexity index is 1280. The van der Waals surface area contributed by atoms with Crippen molar-refractivity contribution in [3.63, 3.8) is 0 Å². The van der Waals surface area contributed by atoms with Crippen molar-refractivity contribution in [2.45, 2.75) is 20.1 Å². The normalized spacial score (nSPS) is 10.8. The predicted octanol–water partition coefficient (Wildman–Crippen LogP) is 6.14. The third-order valence-corrected chi connectivity index (χ3v) is 6.02. The molecule has 10 heteroatoms. The molecule has 2 aromatic carbocycles. The summed E-state index contributed by atoms with van der Waals surface area (Å²) in [6.07, 6.45) is 3.43. The first-order valence-corrected chi connectivity index (χ1v) is 11.8. The van der Waals surface area contributed by atoms with Crippen molar-refractivity contribution < 1.29 is 9.47 Å². The van der Waals surface area contributed by atoms with Gasteiger partial charge in [0.05, 0.1) is 13.2 Å². The van der Waals surface area contributed by atoms with E-state index in [9.17, 15) is 0 Å². The van der Waals surface area contributed by atoms with E-state index in [0.717, 1.165) is 21.2 Å². The summed E-state index contributed by atoms with van der Waals surface area (Å²) >= 11 is 15.0. The van der Waals surface area contributed by atoms with Gasteiger partial charge in [0.25, 0.3) is 0 Å². The number of nitrogens with one attached hydrogen (secondary N) is 2. The van der Waals surface area contributed by atoms with Crippen LogP contribution in [-0.4, -0.2) is 26.5 Å². The first-order chi connectivity index (χ1) is 16.0. The van der Waals surface area contributed by atoms with Crippen molar-refractivity contribution >= 4 is 39.7 Å². The highest BCUT2D eigenvalue weighted by molar-refractivity contribution is 9.10. The highest BCUT2D eigenvalue weighted by atomic mass is 79.9. The molecule has 0 atom stereocenters. The monoisotopic (exact) mass is 545 g/mol. The molecule has 2 aromatic heterocycles. The highest BCUT2D eigenvalue weighted by Gasteiger charge is 2.13. The molecule has 0 bridgehead atoms. The molecule has 0 saturated heterocycles. The fraction of sp³-hybridized carbons (Fsp3) is 0.174. The molecule has 0 unspecified atom stereocenters. The van der Waals surface area contributed by atoms with Gasteiger partial charge in [0.1, 0.15) is 6.61 Å². The summed E-state index contributed by atoms with van der Waals surface area (Å²) in [5.41, 5.74) is 6.21. The van der Waals surface area contributed by atoms with Crippen molar-refractivity contribution in [2.75, 3.05) is 12.0 Å². The van der Waals surface area contributed by atoms with E-state index in [1.165, 1.54) is 0 Å². The van der Waals surface area contributed by atoms with E-state index in [1.54, 1.807) is 17.1 Å². The molecule has 4 aromatic rings. The number of H-pyrrole nitrogens is 1. The molecule has 0 aliphatic heterocycles. The van der Waals surface area contributed by atoms with Gasteiger partial charge in [-0.3, -0.25) is 4.98 Å². The number of nitrogens with zero attached hydrogens (tertiary/aromatic N) is 3. The molecular formula is C23H21BrClN5O2S. The van der Waals surface area contributed by atoms with E-state index >= 15 is 0 Å². The Morgan fingerprint density at radius 1 is 1.09 bits per heavy atom. The van der Waals surface area contributed by atoms with Gasteiger partial charge in [-0.2, -0.15) is 5.10 Å². The van der Waals surface area contributed by atoms with E-state index < -0.39 is 0 Å². The number of rotatable bonds is 9. The van der Waals surface area contributed by atoms with Crippen LogP contribution in [0, 0.1) is 4.77 Å². The minimum absolute atomic E-state index is 0.404. The number of halogens is 2. The number of benzene rings is 2. The van der Waals surface area contributed by atoms with Crippen LogP contribution in [0.1, 0.15) is 18.1 Å². The van der Waals surface area contributed by atoms with Crippen molar-refractivity contribution in [1.82, 2.24) is 19.9 Å². The Morgan fingerprint density at radius 2 is 1.82 bits per heavy atom. The van der Waals surface area contributed by atoms with Crippen LogP contribution >= 0.6 is 39.7 Å². The fourth-order valence-electron chi connectivity index (χ4n) is 3.14. The molecule has 33 heavy (non-hydrogen) atoms. The van der Waals surface area contributed by atoms with Gasteiger partial charge in [0.15, 0.2) is 17.3 Å². The van der Waals surface area contributed by atoms with E-state index in [-0.39, 0.29) is 0 Å². The zero-order valence-corrected chi connectivity index (χ0v) is 20.9. The van der Waals surface area contributed by atoms with Crippen LogP contribution in [-0.2, 0) is 13.2 Å². The average molecular weight is 547 g/mol. The predicted molar refractivity (Wildman–Crippen MR) is 135 cm³/mol. The Kier molecular flexibility index (Phi) is 7.64. The molecule has 2 heterocycles. The Labute approximate surface area is 209 Å². The van der Waals surface area contributed by atoms with Gasteiger partial charge >= 0.3 is 0 Å². The van der Waals surface area contributed by atoms with Gasteiger partial charge in [-0.25, -0.2) is 9.77 Å². The second-order valence-corrected chi connectivity index (χ2v) is 8.67. The summed E-state index contributed by atoms with van der Waals surface area (Å²) in [4.78, 5) is 4.05. The molecule has 4 rings (SSSR count). The Balaban J connectivity index is 1.53. The highest BCUT2D eigenvalue weighted by Crippen LogP contribution is 2.34. The molecule has 2 N–H and O–H groups in total. The van der Waals surface area contributed by atoms with Gasteiger partial charge in [0, 0.05) is 27.5 Å². The molecule has 0 fully saturated rings. The van der Waals surface area contributed by atoms with Crippen LogP contribution in [0.4, 0.5) is 0 Å². The van der Waals surface area contributed by atoms with Crippen molar-refractivity contribution in [1.29, 1.82) is 0 Å². The molecule has 0 spiro atoms. The van der Waals surface area contributed by atoms with E-state index in [1.807, 2.05) is 55.5 Å². The number of ether oxygens (including phenoxy) is 2. The first-order valence-electron chi connectivity index (χ1n) is 10.2. The van der Waals surface area contributed by atoms with Crippen LogP contribution in [0.2, 0.25) is 5.02 Å². The second-order valence-electron chi connectivity index (χ2n) is 7.00. The molecule has 7 nitrogen and oxygen atoms in total. The maximum atomic E-state index is 6.04. The van der Waals surface area contributed by atoms with Gasteiger partial charge in [0.2, 0.25) is 4.77 Å². The summed E-state index contributed by atoms with van der Waals surface area (Å²) in [5, 5.41) is 7.86. The van der Waals surface area contributed by atoms with Crippen LogP contribution in [0.25, 0.3) is 11.4 Å². The van der Waals surface area contributed by atoms with Crippen LogP contribution < -0.4 is 14.9 Å². The molecule has 0 radical (unpaired) electrons. The lowest BCUT2D eigenvalue weighted by Crippen LogP contribution is -2.16. The molecule has 0 aliphatic rings. The van der Waals surface area contributed by atoms with Crippen LogP contribution in [0.15, 0.2) is 65.4 Å². The van der Waals surface area contributed by atoms with E-state index in [4.69, 9.17) is 33.3 Å². The zero-order chi connectivity index (χ0) is 23.2. The standard InChI is InChI=1S/C23H21BrClN5O2S/c1-2-31-20-11-17(19(24)12-21(20)32-14-15-3-5-18(25)6-4-15)13-27-30-22(28-29-23(30)33)16-7-9-26-10-8-16/h3-12,27H,2,13-14H2,1H3,(H,29,33). The topological polar surface area (TPSA) is 77.0 Å². The molecule has 0 aliphatic carbocycles. The maximum Gasteiger partial charge on any atom is 0.214 e. The number of pyridine rings is 1. The average Bonchev–Trinajstić information content (AvgIpc) is 3.20. The quantitative estimate of drug-likeness (QED) is 0.246. The summed E-state index contributed by atoms with van der Waals surface area (Å²) < 4.78 is 15.0. The molecule has 0 saturated carbocycles. The third kappa shape index (κ3) is 5.73. The summed E-state index contributed by atoms with van der Waals surface area (Å²) in [6, 6.07) is 15.2. The Morgan fingerprint density at radius 3 is 2.55 bits per heavy atom. The molecule has 170 valence electrons. The van der Waals surface area contributed by atoms with Gasteiger partial charge < -0.3 is 14.9 Å². The number of hydrogen-bond acceptors (Lipinski definition) is 6. The first kappa shape index (κ1) is 23.3.